The van der Waals surface area contributed by atoms with Crippen LogP contribution in [-0.4, -0.2) is 13.4 Å². The third-order valence-corrected chi connectivity index (χ3v) is 5.63. The minimum Gasteiger partial charge on any atom is -0.389 e. The molecule has 0 spiro atoms. The van der Waals surface area contributed by atoms with E-state index >= 15 is 0 Å². The lowest BCUT2D eigenvalue weighted by molar-refractivity contribution is 0.567. The molecule has 0 amide bonds. The summed E-state index contributed by atoms with van der Waals surface area (Å²) < 4.78 is 27.3. The first kappa shape index (κ1) is 16.1. The molecule has 1 atom stereocenters. The highest BCUT2D eigenvalue weighted by Gasteiger charge is 2.19. The van der Waals surface area contributed by atoms with E-state index in [0.717, 1.165) is 4.88 Å². The zero-order valence-corrected chi connectivity index (χ0v) is 13.9. The fourth-order valence-electron chi connectivity index (χ4n) is 2.00. The van der Waals surface area contributed by atoms with E-state index in [1.54, 1.807) is 24.3 Å². The van der Waals surface area contributed by atoms with Gasteiger partial charge < -0.3 is 5.73 Å². The molecule has 0 bridgehead atoms. The van der Waals surface area contributed by atoms with Crippen molar-refractivity contribution < 1.29 is 8.42 Å². The van der Waals surface area contributed by atoms with E-state index in [0.29, 0.717) is 11.1 Å². The Morgan fingerprint density at radius 3 is 2.67 bits per heavy atom. The number of nitrogens with one attached hydrogen (secondary N) is 1. The summed E-state index contributed by atoms with van der Waals surface area (Å²) in [6, 6.07) is 10.6. The Kier molecular flexibility index (Phi) is 5.10. The Balaban J connectivity index is 2.17. The molecule has 7 heteroatoms. The van der Waals surface area contributed by atoms with Gasteiger partial charge in [0.25, 0.3) is 0 Å². The monoisotopic (exact) mass is 340 g/mol. The molecule has 0 aliphatic rings. The smallest absolute Gasteiger partial charge is 0.216 e. The summed E-state index contributed by atoms with van der Waals surface area (Å²) in [5, 5.41) is 1.92. The van der Waals surface area contributed by atoms with Crippen molar-refractivity contribution in [2.45, 2.75) is 18.7 Å². The highest BCUT2D eigenvalue weighted by molar-refractivity contribution is 7.88. The number of hydrogen-bond acceptors (Lipinski definition) is 4. The van der Waals surface area contributed by atoms with Crippen molar-refractivity contribution in [3.8, 4) is 0 Å². The highest BCUT2D eigenvalue weighted by atomic mass is 32.2. The molecule has 0 fully saturated rings. The van der Waals surface area contributed by atoms with E-state index in [9.17, 15) is 8.42 Å². The molecule has 3 N–H and O–H groups in total. The molecule has 0 saturated heterocycles. The molecule has 4 nitrogen and oxygen atoms in total. The molecule has 0 saturated carbocycles. The minimum atomic E-state index is -3.47. The lowest BCUT2D eigenvalue weighted by atomic mass is 10.1. The molecule has 21 heavy (non-hydrogen) atoms. The molecule has 0 radical (unpaired) electrons. The molecular formula is C14H16N2O2S3. The van der Waals surface area contributed by atoms with Gasteiger partial charge in [-0.15, -0.1) is 11.3 Å². The van der Waals surface area contributed by atoms with Gasteiger partial charge in [-0.3, -0.25) is 0 Å². The number of nitrogens with two attached hydrogens (primary N) is 1. The van der Waals surface area contributed by atoms with Crippen LogP contribution in [0.15, 0.2) is 41.8 Å². The number of benzene rings is 1. The van der Waals surface area contributed by atoms with E-state index in [1.165, 1.54) is 11.3 Å². The first-order chi connectivity index (χ1) is 9.89. The van der Waals surface area contributed by atoms with E-state index in [-0.39, 0.29) is 16.8 Å². The van der Waals surface area contributed by atoms with Crippen molar-refractivity contribution in [3.05, 3.63) is 57.8 Å². The lowest BCUT2D eigenvalue weighted by Crippen LogP contribution is -2.28. The molecule has 2 rings (SSSR count). The summed E-state index contributed by atoms with van der Waals surface area (Å²) in [5.41, 5.74) is 6.84. The molecule has 0 aliphatic heterocycles. The number of thiophene rings is 1. The van der Waals surface area contributed by atoms with Crippen LogP contribution in [0.3, 0.4) is 0 Å². The second kappa shape index (κ2) is 6.65. The molecule has 1 aromatic heterocycles. The van der Waals surface area contributed by atoms with Crippen LogP contribution in [0, 0.1) is 0 Å². The molecule has 1 aromatic carbocycles. The quantitative estimate of drug-likeness (QED) is 0.793. The Morgan fingerprint density at radius 1 is 1.33 bits per heavy atom. The summed E-state index contributed by atoms with van der Waals surface area (Å²) >= 11 is 6.47. The molecule has 112 valence electrons. The third-order valence-electron chi connectivity index (χ3n) is 2.95. The number of hydrogen-bond donors (Lipinski definition) is 2. The van der Waals surface area contributed by atoms with Crippen molar-refractivity contribution in [1.82, 2.24) is 4.72 Å². The van der Waals surface area contributed by atoms with Crippen LogP contribution >= 0.6 is 23.6 Å². The second-order valence-corrected chi connectivity index (χ2v) is 7.81. The predicted octanol–water partition coefficient (Wildman–Crippen LogP) is 2.56. The van der Waals surface area contributed by atoms with Crippen LogP contribution in [0.4, 0.5) is 0 Å². The van der Waals surface area contributed by atoms with Gasteiger partial charge in [-0.25, -0.2) is 13.1 Å². The second-order valence-electron chi connectivity index (χ2n) is 4.64. The number of thiocarbonyl (C=S) groups is 1. The summed E-state index contributed by atoms with van der Waals surface area (Å²) in [4.78, 5) is 1.17. The molecule has 0 aliphatic carbocycles. The van der Waals surface area contributed by atoms with Gasteiger partial charge in [0.1, 0.15) is 4.99 Å². The topological polar surface area (TPSA) is 72.2 Å². The standard InChI is InChI=1S/C14H16N2O2S3/c1-10(13-7-4-8-20-13)16-21(17,18)9-11-5-2-3-6-12(11)14(15)19/h2-8,10,16H,9H2,1H3,(H2,15,19). The van der Waals surface area contributed by atoms with Crippen molar-refractivity contribution in [1.29, 1.82) is 0 Å². The van der Waals surface area contributed by atoms with E-state index < -0.39 is 10.0 Å². The van der Waals surface area contributed by atoms with Crippen LogP contribution in [-0.2, 0) is 15.8 Å². The summed E-state index contributed by atoms with van der Waals surface area (Å²) in [6.45, 7) is 1.82. The van der Waals surface area contributed by atoms with E-state index in [1.807, 2.05) is 24.4 Å². The normalized spacial score (nSPS) is 13.0. The first-order valence-corrected chi connectivity index (χ1v) is 9.24. The Hall–Kier alpha value is -1.28. The summed E-state index contributed by atoms with van der Waals surface area (Å²) in [6.07, 6.45) is 0. The first-order valence-electron chi connectivity index (χ1n) is 6.30. The van der Waals surface area contributed by atoms with Crippen molar-refractivity contribution in [2.75, 3.05) is 0 Å². The van der Waals surface area contributed by atoms with Gasteiger partial charge in [0.2, 0.25) is 10.0 Å². The van der Waals surface area contributed by atoms with Gasteiger partial charge in [-0.05, 0) is 23.9 Å². The molecule has 1 unspecified atom stereocenters. The Morgan fingerprint density at radius 2 is 2.05 bits per heavy atom. The zero-order chi connectivity index (χ0) is 15.5. The fourth-order valence-corrected chi connectivity index (χ4v) is 4.42. The van der Waals surface area contributed by atoms with Crippen LogP contribution in [0.2, 0.25) is 0 Å². The average molecular weight is 340 g/mol. The minimum absolute atomic E-state index is 0.143. The predicted molar refractivity (Wildman–Crippen MR) is 90.8 cm³/mol. The van der Waals surface area contributed by atoms with Gasteiger partial charge in [0, 0.05) is 10.4 Å². The molecule has 1 heterocycles. The maximum atomic E-state index is 12.3. The SMILES string of the molecule is CC(NS(=O)(=O)Cc1ccccc1C(N)=S)c1cccs1. The van der Waals surface area contributed by atoms with Crippen LogP contribution in [0.5, 0.6) is 0 Å². The lowest BCUT2D eigenvalue weighted by Gasteiger charge is -2.14. The van der Waals surface area contributed by atoms with Crippen molar-refractivity contribution >= 4 is 38.6 Å². The maximum Gasteiger partial charge on any atom is 0.216 e. The van der Waals surface area contributed by atoms with Crippen LogP contribution in [0.25, 0.3) is 0 Å². The van der Waals surface area contributed by atoms with Gasteiger partial charge >= 0.3 is 0 Å². The van der Waals surface area contributed by atoms with Crippen molar-refractivity contribution in [2.24, 2.45) is 5.73 Å². The fraction of sp³-hybridized carbons (Fsp3) is 0.214. The highest BCUT2D eigenvalue weighted by Crippen LogP contribution is 2.20. The van der Waals surface area contributed by atoms with Gasteiger partial charge in [0.05, 0.1) is 11.8 Å². The number of sulfonamides is 1. The Bertz CT molecular complexity index is 724. The van der Waals surface area contributed by atoms with Crippen LogP contribution in [0.1, 0.15) is 29.0 Å². The molecular weight excluding hydrogens is 324 g/mol. The van der Waals surface area contributed by atoms with E-state index in [2.05, 4.69) is 4.72 Å². The van der Waals surface area contributed by atoms with Gasteiger partial charge in [-0.2, -0.15) is 0 Å². The van der Waals surface area contributed by atoms with Crippen LogP contribution < -0.4 is 10.5 Å². The van der Waals surface area contributed by atoms with Gasteiger partial charge in [-0.1, -0.05) is 42.5 Å². The maximum absolute atomic E-state index is 12.3. The summed E-state index contributed by atoms with van der Waals surface area (Å²) in [5.74, 6) is -0.143. The number of rotatable bonds is 6. The third kappa shape index (κ3) is 4.34. The van der Waals surface area contributed by atoms with Crippen molar-refractivity contribution in [3.63, 3.8) is 0 Å². The zero-order valence-electron chi connectivity index (χ0n) is 11.4. The largest absolute Gasteiger partial charge is 0.389 e. The average Bonchev–Trinajstić information content (AvgIpc) is 2.91. The van der Waals surface area contributed by atoms with Gasteiger partial charge in [0.15, 0.2) is 0 Å². The molecule has 2 aromatic rings. The van der Waals surface area contributed by atoms with E-state index in [4.69, 9.17) is 18.0 Å². The Labute approximate surface area is 134 Å². The summed E-state index contributed by atoms with van der Waals surface area (Å²) in [7, 11) is -3.47.